The van der Waals surface area contributed by atoms with Crippen molar-refractivity contribution < 1.29 is 9.53 Å². The SMILES string of the molecule is Cn1c(=O)c(=Cc2cn(C(=O)OC(C)(C)C)c3ccccc23)n(C)c(=O)c1=Cc1ccccc1. The van der Waals surface area contributed by atoms with E-state index in [1.165, 1.54) is 13.7 Å². The van der Waals surface area contributed by atoms with Crippen LogP contribution >= 0.6 is 0 Å². The van der Waals surface area contributed by atoms with E-state index in [9.17, 15) is 14.4 Å². The van der Waals surface area contributed by atoms with Crippen molar-refractivity contribution in [3.8, 4) is 0 Å². The maximum absolute atomic E-state index is 13.3. The van der Waals surface area contributed by atoms with Crippen molar-refractivity contribution in [3.05, 3.63) is 103 Å². The zero-order valence-electron chi connectivity index (χ0n) is 19.9. The first kappa shape index (κ1) is 23.0. The fraction of sp³-hybridized carbons (Fsp3) is 0.222. The molecule has 0 aliphatic rings. The highest BCUT2D eigenvalue weighted by Gasteiger charge is 2.20. The van der Waals surface area contributed by atoms with Crippen LogP contribution in [0.2, 0.25) is 0 Å². The van der Waals surface area contributed by atoms with Gasteiger partial charge in [-0.15, -0.1) is 0 Å². The second-order valence-electron chi connectivity index (χ2n) is 9.15. The topological polar surface area (TPSA) is 75.2 Å². The van der Waals surface area contributed by atoms with Crippen LogP contribution in [0.4, 0.5) is 4.79 Å². The summed E-state index contributed by atoms with van der Waals surface area (Å²) in [7, 11) is 3.16. The normalized spacial score (nSPS) is 13.0. The Morgan fingerprint density at radius 1 is 0.824 bits per heavy atom. The largest absolute Gasteiger partial charge is 0.443 e. The van der Waals surface area contributed by atoms with Gasteiger partial charge >= 0.3 is 6.09 Å². The zero-order valence-corrected chi connectivity index (χ0v) is 19.9. The Morgan fingerprint density at radius 3 is 2.00 bits per heavy atom. The lowest BCUT2D eigenvalue weighted by Gasteiger charge is -2.19. The van der Waals surface area contributed by atoms with E-state index in [-0.39, 0.29) is 21.8 Å². The first-order valence-corrected chi connectivity index (χ1v) is 10.9. The molecule has 0 atom stereocenters. The van der Waals surface area contributed by atoms with Gasteiger partial charge in [0.2, 0.25) is 0 Å². The Bertz CT molecular complexity index is 1630. The zero-order chi connectivity index (χ0) is 24.6. The maximum atomic E-state index is 13.3. The van der Waals surface area contributed by atoms with Crippen LogP contribution in [0.5, 0.6) is 0 Å². The highest BCUT2D eigenvalue weighted by atomic mass is 16.6. The van der Waals surface area contributed by atoms with E-state index in [0.29, 0.717) is 11.1 Å². The van der Waals surface area contributed by atoms with Crippen LogP contribution in [-0.2, 0) is 18.8 Å². The van der Waals surface area contributed by atoms with Gasteiger partial charge in [-0.3, -0.25) is 14.2 Å². The predicted molar refractivity (Wildman–Crippen MR) is 133 cm³/mol. The van der Waals surface area contributed by atoms with E-state index < -0.39 is 11.7 Å². The second-order valence-corrected chi connectivity index (χ2v) is 9.15. The first-order chi connectivity index (χ1) is 16.1. The highest BCUT2D eigenvalue weighted by Crippen LogP contribution is 2.23. The molecule has 0 aliphatic heterocycles. The molecule has 0 saturated heterocycles. The molecule has 0 radical (unpaired) electrons. The molecule has 2 aromatic carbocycles. The minimum atomic E-state index is -0.655. The molecule has 0 bridgehead atoms. The molecular formula is C27H27N3O4. The van der Waals surface area contributed by atoms with Crippen molar-refractivity contribution in [3.63, 3.8) is 0 Å². The van der Waals surface area contributed by atoms with E-state index >= 15 is 0 Å². The number of nitrogens with zero attached hydrogens (tertiary/aromatic N) is 3. The van der Waals surface area contributed by atoms with E-state index in [4.69, 9.17) is 4.74 Å². The van der Waals surface area contributed by atoms with Gasteiger partial charge in [0.1, 0.15) is 16.3 Å². The molecule has 4 aromatic rings. The molecule has 2 aromatic heterocycles. The third kappa shape index (κ3) is 4.37. The summed E-state index contributed by atoms with van der Waals surface area (Å²) in [5.41, 5.74) is 0.836. The fourth-order valence-corrected chi connectivity index (χ4v) is 3.80. The van der Waals surface area contributed by atoms with E-state index in [2.05, 4.69) is 0 Å². The van der Waals surface area contributed by atoms with Crippen molar-refractivity contribution in [1.29, 1.82) is 0 Å². The Kier molecular flexibility index (Phi) is 5.87. The minimum Gasteiger partial charge on any atom is -0.443 e. The summed E-state index contributed by atoms with van der Waals surface area (Å²) >= 11 is 0. The van der Waals surface area contributed by atoms with Gasteiger partial charge < -0.3 is 13.9 Å². The monoisotopic (exact) mass is 457 g/mol. The van der Waals surface area contributed by atoms with Gasteiger partial charge in [-0.25, -0.2) is 4.79 Å². The summed E-state index contributed by atoms with van der Waals surface area (Å²) in [6.45, 7) is 5.41. The number of hydrogen-bond acceptors (Lipinski definition) is 4. The number of para-hydroxylation sites is 1. The number of carbonyl (C=O) groups excluding carboxylic acids is 1. The van der Waals surface area contributed by atoms with Crippen molar-refractivity contribution >= 4 is 29.1 Å². The summed E-state index contributed by atoms with van der Waals surface area (Å²) in [6.07, 6.45) is 4.45. The van der Waals surface area contributed by atoms with Crippen molar-refractivity contribution in [2.75, 3.05) is 0 Å². The van der Waals surface area contributed by atoms with Gasteiger partial charge in [-0.2, -0.15) is 0 Å². The van der Waals surface area contributed by atoms with Crippen LogP contribution in [0.15, 0.2) is 70.4 Å². The lowest BCUT2D eigenvalue weighted by molar-refractivity contribution is 0.0544. The summed E-state index contributed by atoms with van der Waals surface area (Å²) in [6, 6.07) is 16.7. The predicted octanol–water partition coefficient (Wildman–Crippen LogP) is 2.48. The number of carbonyl (C=O) groups is 1. The maximum Gasteiger partial charge on any atom is 0.419 e. The molecule has 0 amide bonds. The summed E-state index contributed by atoms with van der Waals surface area (Å²) < 4.78 is 9.66. The van der Waals surface area contributed by atoms with Gasteiger partial charge in [0.05, 0.1) is 5.52 Å². The second kappa shape index (κ2) is 8.67. The number of benzene rings is 2. The van der Waals surface area contributed by atoms with Gasteiger partial charge in [-0.1, -0.05) is 48.5 Å². The van der Waals surface area contributed by atoms with Gasteiger partial charge in [-0.05, 0) is 44.6 Å². The standard InChI is InChI=1S/C27H27N3O4/c1-27(2,3)34-26(33)30-17-19(20-13-9-10-14-21(20)30)16-23-25(32)28(4)22(24(31)29(23)5)15-18-11-7-6-8-12-18/h6-17H,1-5H3. The lowest BCUT2D eigenvalue weighted by atomic mass is 10.1. The van der Waals surface area contributed by atoms with Crippen LogP contribution in [0.1, 0.15) is 31.9 Å². The number of fused-ring (bicyclic) bond motifs is 1. The minimum absolute atomic E-state index is 0.213. The number of aromatic nitrogens is 3. The number of ether oxygens (including phenoxy) is 1. The molecule has 0 N–H and O–H groups in total. The summed E-state index contributed by atoms with van der Waals surface area (Å²) in [5.74, 6) is 0. The molecule has 4 rings (SSSR count). The average Bonchev–Trinajstić information content (AvgIpc) is 3.17. The van der Waals surface area contributed by atoms with Crippen molar-refractivity contribution in [2.24, 2.45) is 14.1 Å². The van der Waals surface area contributed by atoms with Crippen LogP contribution in [0, 0.1) is 0 Å². The smallest absolute Gasteiger partial charge is 0.419 e. The molecular weight excluding hydrogens is 430 g/mol. The molecule has 0 unspecified atom stereocenters. The van der Waals surface area contributed by atoms with Crippen molar-refractivity contribution in [2.45, 2.75) is 26.4 Å². The van der Waals surface area contributed by atoms with Crippen LogP contribution in [-0.4, -0.2) is 25.4 Å². The molecule has 0 saturated carbocycles. The Morgan fingerprint density at radius 2 is 1.38 bits per heavy atom. The molecule has 0 spiro atoms. The molecule has 34 heavy (non-hydrogen) atoms. The van der Waals surface area contributed by atoms with Gasteiger partial charge in [0.15, 0.2) is 0 Å². The van der Waals surface area contributed by atoms with Crippen LogP contribution in [0.25, 0.3) is 23.1 Å². The Labute approximate surface area is 196 Å². The molecule has 0 aliphatic carbocycles. The molecule has 174 valence electrons. The first-order valence-electron chi connectivity index (χ1n) is 10.9. The third-order valence-corrected chi connectivity index (χ3v) is 5.50. The van der Waals surface area contributed by atoms with Crippen molar-refractivity contribution in [1.82, 2.24) is 13.7 Å². The molecule has 7 nitrogen and oxygen atoms in total. The van der Waals surface area contributed by atoms with Crippen LogP contribution in [0.3, 0.4) is 0 Å². The molecule has 0 fully saturated rings. The molecule has 7 heteroatoms. The van der Waals surface area contributed by atoms with E-state index in [0.717, 1.165) is 10.9 Å². The number of hydrogen-bond donors (Lipinski definition) is 0. The Hall–Kier alpha value is -4.13. The average molecular weight is 458 g/mol. The number of rotatable bonds is 2. The van der Waals surface area contributed by atoms with Gasteiger partial charge in [0, 0.05) is 31.2 Å². The summed E-state index contributed by atoms with van der Waals surface area (Å²) in [4.78, 5) is 39.2. The Balaban J connectivity index is 1.95. The fourth-order valence-electron chi connectivity index (χ4n) is 3.80. The quantitative estimate of drug-likeness (QED) is 0.464. The van der Waals surface area contributed by atoms with E-state index in [1.54, 1.807) is 53.2 Å². The lowest BCUT2D eigenvalue weighted by Crippen LogP contribution is -2.56. The van der Waals surface area contributed by atoms with Gasteiger partial charge in [0.25, 0.3) is 11.1 Å². The highest BCUT2D eigenvalue weighted by molar-refractivity contribution is 5.95. The molecule has 2 heterocycles. The summed E-state index contributed by atoms with van der Waals surface area (Å²) in [5, 5.41) is 1.26. The van der Waals surface area contributed by atoms with E-state index in [1.807, 2.05) is 54.6 Å². The van der Waals surface area contributed by atoms with Crippen LogP contribution < -0.4 is 21.8 Å². The third-order valence-electron chi connectivity index (χ3n) is 5.50.